The van der Waals surface area contributed by atoms with Gasteiger partial charge in [-0.25, -0.2) is 14.2 Å². The molecule has 3 aromatic rings. The Morgan fingerprint density at radius 3 is 2.61 bits per heavy atom. The van der Waals surface area contributed by atoms with Gasteiger partial charge in [-0.1, -0.05) is 60.3 Å². The minimum absolute atomic E-state index is 0.0715. The van der Waals surface area contributed by atoms with Gasteiger partial charge >= 0.3 is 6.09 Å². The van der Waals surface area contributed by atoms with Gasteiger partial charge in [-0.15, -0.1) is 0 Å². The number of nitrogens with zero attached hydrogens (tertiary/aromatic N) is 2. The molecule has 2 N–H and O–H groups in total. The minimum Gasteiger partial charge on any atom is -0.445 e. The molecule has 3 aromatic carbocycles. The largest absolute Gasteiger partial charge is 0.445 e. The molecular weight excluding hydrogens is 547 g/mol. The number of halogens is 1. The number of anilines is 1. The number of aliphatic imine (C=N–C) groups is 1. The van der Waals surface area contributed by atoms with Crippen molar-refractivity contribution in [2.24, 2.45) is 4.99 Å². The zero-order valence-corrected chi connectivity index (χ0v) is 22.9. The molecule has 3 amide bonds. The van der Waals surface area contributed by atoms with Gasteiger partial charge in [0.1, 0.15) is 24.2 Å². The van der Waals surface area contributed by atoms with Crippen LogP contribution in [0.4, 0.5) is 20.6 Å². The van der Waals surface area contributed by atoms with Crippen molar-refractivity contribution >= 4 is 46.2 Å². The molecule has 212 valence electrons. The van der Waals surface area contributed by atoms with E-state index in [1.165, 1.54) is 23.9 Å². The Morgan fingerprint density at radius 2 is 1.88 bits per heavy atom. The van der Waals surface area contributed by atoms with Gasteiger partial charge in [-0.3, -0.25) is 14.5 Å². The maximum Gasteiger partial charge on any atom is 0.407 e. The molecule has 9 nitrogen and oxygen atoms in total. The van der Waals surface area contributed by atoms with Gasteiger partial charge in [0, 0.05) is 12.3 Å². The first kappa shape index (κ1) is 28.3. The second-order valence-electron chi connectivity index (χ2n) is 9.54. The van der Waals surface area contributed by atoms with Gasteiger partial charge in [0.2, 0.25) is 11.8 Å². The third-order valence-corrected chi connectivity index (χ3v) is 7.72. The van der Waals surface area contributed by atoms with Gasteiger partial charge < -0.3 is 20.1 Å². The van der Waals surface area contributed by atoms with Crippen molar-refractivity contribution in [3.63, 3.8) is 0 Å². The number of hydrogen-bond donors (Lipinski definition) is 2. The molecule has 11 heteroatoms. The van der Waals surface area contributed by atoms with Gasteiger partial charge in [-0.05, 0) is 54.3 Å². The minimum atomic E-state index is -0.695. The number of thioether (sulfide) groups is 1. The van der Waals surface area contributed by atoms with Crippen LogP contribution < -0.4 is 10.6 Å². The lowest BCUT2D eigenvalue weighted by Gasteiger charge is -2.20. The van der Waals surface area contributed by atoms with Crippen LogP contribution in [0.3, 0.4) is 0 Å². The fourth-order valence-electron chi connectivity index (χ4n) is 4.44. The number of rotatable bonds is 9. The summed E-state index contributed by atoms with van der Waals surface area (Å²) in [5, 5.41) is 5.08. The normalized spacial score (nSPS) is 19.4. The Balaban J connectivity index is 1.19. The van der Waals surface area contributed by atoms with Gasteiger partial charge in [0.15, 0.2) is 5.17 Å². The predicted molar refractivity (Wildman–Crippen MR) is 154 cm³/mol. The zero-order valence-electron chi connectivity index (χ0n) is 22.1. The van der Waals surface area contributed by atoms with E-state index in [4.69, 9.17) is 9.47 Å². The number of hydrogen-bond acceptors (Lipinski definition) is 7. The molecule has 2 saturated heterocycles. The summed E-state index contributed by atoms with van der Waals surface area (Å²) in [7, 11) is 0. The van der Waals surface area contributed by atoms with Crippen molar-refractivity contribution in [2.75, 3.05) is 25.0 Å². The number of amidine groups is 1. The van der Waals surface area contributed by atoms with E-state index in [0.29, 0.717) is 29.7 Å². The van der Waals surface area contributed by atoms with Crippen LogP contribution in [0.1, 0.15) is 29.2 Å². The van der Waals surface area contributed by atoms with Crippen molar-refractivity contribution in [1.29, 1.82) is 0 Å². The zero-order chi connectivity index (χ0) is 28.6. The third-order valence-electron chi connectivity index (χ3n) is 6.49. The topological polar surface area (TPSA) is 109 Å². The predicted octanol–water partition coefficient (Wildman–Crippen LogP) is 5.17. The Labute approximate surface area is 241 Å². The summed E-state index contributed by atoms with van der Waals surface area (Å²) in [6.45, 7) is 0.889. The summed E-state index contributed by atoms with van der Waals surface area (Å²) < 4.78 is 24.6. The van der Waals surface area contributed by atoms with Crippen LogP contribution in [-0.4, -0.2) is 53.8 Å². The number of alkyl carbamates (subject to hydrolysis) is 1. The molecule has 2 fully saturated rings. The van der Waals surface area contributed by atoms with Crippen molar-refractivity contribution < 1.29 is 28.2 Å². The summed E-state index contributed by atoms with van der Waals surface area (Å²) in [5.74, 6) is -0.955. The van der Waals surface area contributed by atoms with E-state index in [2.05, 4.69) is 15.6 Å². The van der Waals surface area contributed by atoms with Crippen LogP contribution in [0.25, 0.3) is 0 Å². The lowest BCUT2D eigenvalue weighted by atomic mass is 10.1. The van der Waals surface area contributed by atoms with Crippen LogP contribution in [0.15, 0.2) is 83.9 Å². The first-order chi connectivity index (χ1) is 19.9. The fourth-order valence-corrected chi connectivity index (χ4v) is 5.62. The molecule has 0 aromatic heterocycles. The highest BCUT2D eigenvalue weighted by Gasteiger charge is 2.40. The van der Waals surface area contributed by atoms with E-state index in [1.807, 2.05) is 30.3 Å². The second kappa shape index (κ2) is 13.4. The average Bonchev–Trinajstić information content (AvgIpc) is 3.60. The summed E-state index contributed by atoms with van der Waals surface area (Å²) in [6.07, 6.45) is 1.04. The van der Waals surface area contributed by atoms with Crippen molar-refractivity contribution in [1.82, 2.24) is 10.2 Å². The van der Waals surface area contributed by atoms with Crippen molar-refractivity contribution in [2.45, 2.75) is 30.8 Å². The molecule has 0 saturated carbocycles. The third kappa shape index (κ3) is 7.71. The van der Waals surface area contributed by atoms with Gasteiger partial charge in [0.05, 0.1) is 18.3 Å². The van der Waals surface area contributed by atoms with Gasteiger partial charge in [-0.2, -0.15) is 0 Å². The van der Waals surface area contributed by atoms with E-state index in [1.54, 1.807) is 41.3 Å². The molecule has 2 unspecified atom stereocenters. The highest BCUT2D eigenvalue weighted by atomic mass is 32.2. The van der Waals surface area contributed by atoms with E-state index in [9.17, 15) is 18.8 Å². The Hall–Kier alpha value is -4.22. The Kier molecular flexibility index (Phi) is 9.27. The molecule has 0 bridgehead atoms. The van der Waals surface area contributed by atoms with E-state index in [0.717, 1.165) is 24.0 Å². The van der Waals surface area contributed by atoms with E-state index in [-0.39, 0.29) is 25.2 Å². The standard InChI is InChI=1S/C30H29FN4O5S/c31-22-8-4-9-24(16-22)34-29-35(18-25-10-5-15-39-25)28(37)27(41-29)21-11-13-23(14-12-21)33-26(36)17-32-30(38)40-19-20-6-2-1-3-7-20/h1-4,6-9,11-14,16,25,27H,5,10,15,17-19H2,(H,32,38)(H,33,36). The van der Waals surface area contributed by atoms with Crippen LogP contribution in [0.2, 0.25) is 0 Å². The molecular formula is C30H29FN4O5S. The Bertz CT molecular complexity index is 1410. The monoisotopic (exact) mass is 576 g/mol. The second-order valence-corrected chi connectivity index (χ2v) is 10.6. The number of carbonyl (C=O) groups is 3. The number of benzene rings is 3. The van der Waals surface area contributed by atoms with Gasteiger partial charge in [0.25, 0.3) is 0 Å². The summed E-state index contributed by atoms with van der Waals surface area (Å²) >= 11 is 1.30. The lowest BCUT2D eigenvalue weighted by molar-refractivity contribution is -0.127. The summed E-state index contributed by atoms with van der Waals surface area (Å²) in [5.41, 5.74) is 2.52. The van der Waals surface area contributed by atoms with Crippen molar-refractivity contribution in [3.05, 3.63) is 95.8 Å². The average molecular weight is 577 g/mol. The first-order valence-electron chi connectivity index (χ1n) is 13.2. The summed E-state index contributed by atoms with van der Waals surface area (Å²) in [6, 6.07) is 22.1. The smallest absolute Gasteiger partial charge is 0.407 e. The van der Waals surface area contributed by atoms with Crippen LogP contribution in [0, 0.1) is 5.82 Å². The Morgan fingerprint density at radius 1 is 1.07 bits per heavy atom. The molecule has 0 aliphatic carbocycles. The number of amides is 3. The van der Waals surface area contributed by atoms with E-state index < -0.39 is 23.1 Å². The number of ether oxygens (including phenoxy) is 2. The molecule has 5 rings (SSSR count). The quantitative estimate of drug-likeness (QED) is 0.364. The number of carbonyl (C=O) groups excluding carboxylic acids is 3. The van der Waals surface area contributed by atoms with Crippen LogP contribution >= 0.6 is 11.8 Å². The van der Waals surface area contributed by atoms with Crippen LogP contribution in [0.5, 0.6) is 0 Å². The molecule has 41 heavy (non-hydrogen) atoms. The fraction of sp³-hybridized carbons (Fsp3) is 0.267. The molecule has 2 atom stereocenters. The molecule has 0 spiro atoms. The number of nitrogens with one attached hydrogen (secondary N) is 2. The maximum absolute atomic E-state index is 13.8. The lowest BCUT2D eigenvalue weighted by Crippen LogP contribution is -2.36. The van der Waals surface area contributed by atoms with Crippen molar-refractivity contribution in [3.8, 4) is 0 Å². The maximum atomic E-state index is 13.8. The first-order valence-corrected chi connectivity index (χ1v) is 14.1. The van der Waals surface area contributed by atoms with E-state index >= 15 is 0 Å². The summed E-state index contributed by atoms with van der Waals surface area (Å²) in [4.78, 5) is 43.9. The SMILES string of the molecule is O=C(CNC(=O)OCc1ccccc1)Nc1ccc(C2SC(=Nc3cccc(F)c3)N(CC3CCCO3)C2=O)cc1. The highest BCUT2D eigenvalue weighted by molar-refractivity contribution is 8.15. The molecule has 2 heterocycles. The molecule has 2 aliphatic rings. The van der Waals surface area contributed by atoms with Crippen LogP contribution in [-0.2, 0) is 25.7 Å². The molecule has 2 aliphatic heterocycles. The molecule has 0 radical (unpaired) electrons. The highest BCUT2D eigenvalue weighted by Crippen LogP contribution is 2.41.